The standard InChI is InChI=1S/C15H18O4/c1-17-14-4-2-12(3-5-14)11-18-8-7-15-10-13(16)6-9-19-15/h2-6,9,15H,7-8,10-11H2,1H3/t15-/m1/s1. The van der Waals surface area contributed by atoms with Crippen LogP contribution in [0.25, 0.3) is 0 Å². The topological polar surface area (TPSA) is 44.8 Å². The zero-order valence-electron chi connectivity index (χ0n) is 11.0. The number of allylic oxidation sites excluding steroid dienone is 1. The van der Waals surface area contributed by atoms with Gasteiger partial charge in [-0.15, -0.1) is 0 Å². The lowest BCUT2D eigenvalue weighted by atomic mass is 10.1. The highest BCUT2D eigenvalue weighted by molar-refractivity contribution is 5.90. The summed E-state index contributed by atoms with van der Waals surface area (Å²) in [6.07, 6.45) is 4.07. The van der Waals surface area contributed by atoms with E-state index in [1.54, 1.807) is 7.11 Å². The highest BCUT2D eigenvalue weighted by atomic mass is 16.5. The quantitative estimate of drug-likeness (QED) is 0.739. The number of carbonyl (C=O) groups is 1. The SMILES string of the molecule is COc1ccc(COCC[C@@H]2CC(=O)C=CO2)cc1. The van der Waals surface area contributed by atoms with E-state index >= 15 is 0 Å². The van der Waals surface area contributed by atoms with Gasteiger partial charge in [-0.1, -0.05) is 12.1 Å². The Morgan fingerprint density at radius 3 is 2.79 bits per heavy atom. The van der Waals surface area contributed by atoms with Gasteiger partial charge in [-0.3, -0.25) is 4.79 Å². The summed E-state index contributed by atoms with van der Waals surface area (Å²) in [5.74, 6) is 0.955. The second kappa shape index (κ2) is 6.95. The molecule has 1 aromatic carbocycles. The van der Waals surface area contributed by atoms with Gasteiger partial charge in [0.1, 0.15) is 11.9 Å². The zero-order valence-corrected chi connectivity index (χ0v) is 11.0. The molecule has 102 valence electrons. The number of ether oxygens (including phenoxy) is 3. The van der Waals surface area contributed by atoms with E-state index in [9.17, 15) is 4.79 Å². The zero-order chi connectivity index (χ0) is 13.5. The van der Waals surface area contributed by atoms with E-state index in [1.807, 2.05) is 24.3 Å². The highest BCUT2D eigenvalue weighted by Crippen LogP contribution is 2.14. The van der Waals surface area contributed by atoms with Crippen LogP contribution in [-0.2, 0) is 20.9 Å². The normalized spacial score (nSPS) is 18.2. The van der Waals surface area contributed by atoms with Gasteiger partial charge in [0.25, 0.3) is 0 Å². The van der Waals surface area contributed by atoms with E-state index in [-0.39, 0.29) is 11.9 Å². The van der Waals surface area contributed by atoms with Crippen molar-refractivity contribution in [2.75, 3.05) is 13.7 Å². The number of rotatable bonds is 6. The van der Waals surface area contributed by atoms with E-state index in [2.05, 4.69) is 0 Å². The van der Waals surface area contributed by atoms with E-state index in [1.165, 1.54) is 12.3 Å². The van der Waals surface area contributed by atoms with Crippen LogP contribution in [0.15, 0.2) is 36.6 Å². The third kappa shape index (κ3) is 4.41. The molecule has 0 saturated carbocycles. The minimum Gasteiger partial charge on any atom is -0.497 e. The number of methoxy groups -OCH3 is 1. The van der Waals surface area contributed by atoms with Gasteiger partial charge in [0, 0.05) is 18.9 Å². The Bertz CT molecular complexity index is 436. The summed E-state index contributed by atoms with van der Waals surface area (Å²) in [6, 6.07) is 7.77. The molecule has 0 saturated heterocycles. The Labute approximate surface area is 113 Å². The molecule has 0 aliphatic carbocycles. The van der Waals surface area contributed by atoms with Crippen molar-refractivity contribution in [1.29, 1.82) is 0 Å². The van der Waals surface area contributed by atoms with Crippen LogP contribution < -0.4 is 4.74 Å². The molecule has 4 nitrogen and oxygen atoms in total. The molecule has 0 bridgehead atoms. The van der Waals surface area contributed by atoms with Crippen molar-refractivity contribution in [2.24, 2.45) is 0 Å². The Morgan fingerprint density at radius 1 is 1.32 bits per heavy atom. The first-order valence-corrected chi connectivity index (χ1v) is 6.33. The first-order valence-electron chi connectivity index (χ1n) is 6.33. The minimum atomic E-state index is -0.0478. The van der Waals surface area contributed by atoms with Crippen LogP contribution in [0.1, 0.15) is 18.4 Å². The Kier molecular flexibility index (Phi) is 4.98. The average Bonchev–Trinajstić information content (AvgIpc) is 2.44. The van der Waals surface area contributed by atoms with Gasteiger partial charge >= 0.3 is 0 Å². The summed E-state index contributed by atoms with van der Waals surface area (Å²) in [6.45, 7) is 1.14. The molecule has 2 rings (SSSR count). The van der Waals surface area contributed by atoms with Crippen molar-refractivity contribution in [2.45, 2.75) is 25.6 Å². The monoisotopic (exact) mass is 262 g/mol. The molecule has 1 aliphatic heterocycles. The summed E-state index contributed by atoms with van der Waals surface area (Å²) in [7, 11) is 1.64. The van der Waals surface area contributed by atoms with E-state index in [0.29, 0.717) is 19.6 Å². The van der Waals surface area contributed by atoms with Gasteiger partial charge in [0.2, 0.25) is 0 Å². The fraction of sp³-hybridized carbons (Fsp3) is 0.400. The number of carbonyl (C=O) groups excluding carboxylic acids is 1. The highest BCUT2D eigenvalue weighted by Gasteiger charge is 2.16. The lowest BCUT2D eigenvalue weighted by molar-refractivity contribution is -0.118. The van der Waals surface area contributed by atoms with Gasteiger partial charge in [0.15, 0.2) is 5.78 Å². The fourth-order valence-corrected chi connectivity index (χ4v) is 1.86. The molecule has 0 amide bonds. The van der Waals surface area contributed by atoms with Crippen LogP contribution in [0.2, 0.25) is 0 Å². The lowest BCUT2D eigenvalue weighted by Crippen LogP contribution is -2.20. The predicted molar refractivity (Wildman–Crippen MR) is 70.9 cm³/mol. The molecule has 19 heavy (non-hydrogen) atoms. The molecule has 0 spiro atoms. The van der Waals surface area contributed by atoms with Crippen molar-refractivity contribution in [1.82, 2.24) is 0 Å². The Morgan fingerprint density at radius 2 is 2.11 bits per heavy atom. The maximum Gasteiger partial charge on any atom is 0.162 e. The first-order chi connectivity index (χ1) is 9.28. The number of benzene rings is 1. The molecule has 0 fully saturated rings. The number of ketones is 1. The molecule has 0 radical (unpaired) electrons. The smallest absolute Gasteiger partial charge is 0.162 e. The van der Waals surface area contributed by atoms with Gasteiger partial charge in [-0.2, -0.15) is 0 Å². The van der Waals surface area contributed by atoms with Crippen molar-refractivity contribution in [3.8, 4) is 5.75 Å². The molecular weight excluding hydrogens is 244 g/mol. The molecule has 4 heteroatoms. The van der Waals surface area contributed by atoms with Crippen LogP contribution in [0.3, 0.4) is 0 Å². The van der Waals surface area contributed by atoms with Crippen molar-refractivity contribution in [3.05, 3.63) is 42.2 Å². The van der Waals surface area contributed by atoms with Gasteiger partial charge in [-0.25, -0.2) is 0 Å². The van der Waals surface area contributed by atoms with Crippen LogP contribution >= 0.6 is 0 Å². The third-order valence-corrected chi connectivity index (χ3v) is 2.97. The number of hydrogen-bond donors (Lipinski definition) is 0. The summed E-state index contributed by atoms with van der Waals surface area (Å²) in [5.41, 5.74) is 1.10. The van der Waals surface area contributed by atoms with E-state index in [0.717, 1.165) is 17.7 Å². The van der Waals surface area contributed by atoms with Crippen LogP contribution in [0.4, 0.5) is 0 Å². The van der Waals surface area contributed by atoms with Crippen LogP contribution in [0, 0.1) is 0 Å². The molecule has 1 aliphatic rings. The average molecular weight is 262 g/mol. The number of hydrogen-bond acceptors (Lipinski definition) is 4. The van der Waals surface area contributed by atoms with Gasteiger partial charge in [0.05, 0.1) is 26.6 Å². The van der Waals surface area contributed by atoms with Gasteiger partial charge < -0.3 is 14.2 Å². The summed E-state index contributed by atoms with van der Waals surface area (Å²) >= 11 is 0. The molecule has 0 aromatic heterocycles. The molecule has 1 heterocycles. The first kappa shape index (κ1) is 13.6. The molecule has 0 N–H and O–H groups in total. The van der Waals surface area contributed by atoms with Gasteiger partial charge in [-0.05, 0) is 17.7 Å². The van der Waals surface area contributed by atoms with E-state index in [4.69, 9.17) is 14.2 Å². The third-order valence-electron chi connectivity index (χ3n) is 2.97. The lowest BCUT2D eigenvalue weighted by Gasteiger charge is -2.18. The van der Waals surface area contributed by atoms with E-state index < -0.39 is 0 Å². The Balaban J connectivity index is 1.66. The maximum atomic E-state index is 11.2. The van der Waals surface area contributed by atoms with Crippen molar-refractivity contribution >= 4 is 5.78 Å². The summed E-state index contributed by atoms with van der Waals surface area (Å²) < 4.78 is 16.0. The largest absolute Gasteiger partial charge is 0.497 e. The molecule has 0 unspecified atom stereocenters. The Hall–Kier alpha value is -1.81. The van der Waals surface area contributed by atoms with Crippen LogP contribution in [-0.4, -0.2) is 25.6 Å². The van der Waals surface area contributed by atoms with Crippen LogP contribution in [0.5, 0.6) is 5.75 Å². The fourth-order valence-electron chi connectivity index (χ4n) is 1.86. The second-order valence-corrected chi connectivity index (χ2v) is 4.42. The summed E-state index contributed by atoms with van der Waals surface area (Å²) in [5, 5.41) is 0. The molecule has 1 atom stereocenters. The summed E-state index contributed by atoms with van der Waals surface area (Å²) in [4.78, 5) is 11.2. The molecule has 1 aromatic rings. The minimum absolute atomic E-state index is 0.0478. The van der Waals surface area contributed by atoms with Crippen molar-refractivity contribution < 1.29 is 19.0 Å². The second-order valence-electron chi connectivity index (χ2n) is 4.42. The van der Waals surface area contributed by atoms with Crippen molar-refractivity contribution in [3.63, 3.8) is 0 Å². The predicted octanol–water partition coefficient (Wildman–Crippen LogP) is 2.47. The molecular formula is C15H18O4. The maximum absolute atomic E-state index is 11.2.